The number of rotatable bonds is 8. The van der Waals surface area contributed by atoms with Gasteiger partial charge in [-0.3, -0.25) is 4.99 Å². The van der Waals surface area contributed by atoms with Crippen molar-refractivity contribution in [3.8, 4) is 0 Å². The maximum absolute atomic E-state index is 5.43. The molecule has 100 valence electrons. The first-order chi connectivity index (χ1) is 8.29. The highest BCUT2D eigenvalue weighted by atomic mass is 16.5. The van der Waals surface area contributed by atoms with Crippen LogP contribution in [0.4, 0.5) is 0 Å². The van der Waals surface area contributed by atoms with E-state index in [9.17, 15) is 0 Å². The van der Waals surface area contributed by atoms with Crippen LogP contribution in [0.1, 0.15) is 13.3 Å². The van der Waals surface area contributed by atoms with Crippen molar-refractivity contribution in [1.29, 1.82) is 0 Å². The molecule has 1 aliphatic rings. The number of guanidine groups is 1. The van der Waals surface area contributed by atoms with Crippen molar-refractivity contribution in [2.45, 2.75) is 13.3 Å². The van der Waals surface area contributed by atoms with E-state index in [1.807, 2.05) is 0 Å². The van der Waals surface area contributed by atoms with Crippen molar-refractivity contribution in [2.24, 2.45) is 4.99 Å². The second kappa shape index (κ2) is 8.31. The summed E-state index contributed by atoms with van der Waals surface area (Å²) in [6.45, 7) is 8.13. The summed E-state index contributed by atoms with van der Waals surface area (Å²) in [6, 6.07) is 0. The summed E-state index contributed by atoms with van der Waals surface area (Å²) in [6.07, 6.45) is 1.07. The summed E-state index contributed by atoms with van der Waals surface area (Å²) in [4.78, 5) is 9.06. The molecular formula is C12H25N3O2. The van der Waals surface area contributed by atoms with Crippen molar-refractivity contribution in [1.82, 2.24) is 9.80 Å². The standard InChI is InChI=1S/C12H25N3O2/c1-4-9-17-10-5-13-12-14(2)6-7-15(12)8-11-16-3/h4-11H2,1-3H3/b13-12-. The lowest BCUT2D eigenvalue weighted by Gasteiger charge is -2.20. The van der Waals surface area contributed by atoms with Crippen molar-refractivity contribution in [2.75, 3.05) is 60.2 Å². The molecule has 0 amide bonds. The van der Waals surface area contributed by atoms with Crippen LogP contribution in [-0.2, 0) is 9.47 Å². The molecule has 17 heavy (non-hydrogen) atoms. The van der Waals surface area contributed by atoms with E-state index in [2.05, 4.69) is 28.8 Å². The number of hydrogen-bond donors (Lipinski definition) is 0. The first kappa shape index (κ1) is 14.3. The third kappa shape index (κ3) is 4.91. The lowest BCUT2D eigenvalue weighted by atomic mass is 10.5. The fourth-order valence-corrected chi connectivity index (χ4v) is 1.80. The molecule has 0 unspecified atom stereocenters. The van der Waals surface area contributed by atoms with Crippen molar-refractivity contribution in [3.63, 3.8) is 0 Å². The zero-order valence-corrected chi connectivity index (χ0v) is 11.3. The van der Waals surface area contributed by atoms with E-state index in [1.54, 1.807) is 7.11 Å². The molecule has 0 saturated carbocycles. The predicted molar refractivity (Wildman–Crippen MR) is 69.5 cm³/mol. The van der Waals surface area contributed by atoms with E-state index in [0.29, 0.717) is 6.61 Å². The van der Waals surface area contributed by atoms with Gasteiger partial charge in [0, 0.05) is 40.4 Å². The summed E-state index contributed by atoms with van der Waals surface area (Å²) in [5.41, 5.74) is 0. The Balaban J connectivity index is 2.32. The van der Waals surface area contributed by atoms with Crippen LogP contribution < -0.4 is 0 Å². The molecule has 0 aromatic rings. The maximum Gasteiger partial charge on any atom is 0.196 e. The lowest BCUT2D eigenvalue weighted by molar-refractivity contribution is 0.142. The first-order valence-corrected chi connectivity index (χ1v) is 6.36. The average Bonchev–Trinajstić information content (AvgIpc) is 2.68. The monoisotopic (exact) mass is 243 g/mol. The van der Waals surface area contributed by atoms with Crippen LogP contribution in [0.2, 0.25) is 0 Å². The molecule has 0 atom stereocenters. The molecule has 0 radical (unpaired) electrons. The summed E-state index contributed by atoms with van der Waals surface area (Å²) >= 11 is 0. The Morgan fingerprint density at radius 1 is 1.24 bits per heavy atom. The minimum absolute atomic E-state index is 0.712. The SMILES string of the molecule is CCCOCC/N=C1/N(C)CCN1CCOC. The quantitative estimate of drug-likeness (QED) is 0.587. The second-order valence-electron chi connectivity index (χ2n) is 4.20. The summed E-state index contributed by atoms with van der Waals surface area (Å²) < 4.78 is 10.5. The summed E-state index contributed by atoms with van der Waals surface area (Å²) in [5.74, 6) is 1.07. The minimum atomic E-state index is 0.712. The van der Waals surface area contributed by atoms with Gasteiger partial charge in [-0.1, -0.05) is 6.92 Å². The van der Waals surface area contributed by atoms with Gasteiger partial charge in [-0.25, -0.2) is 0 Å². The Labute approximate surface area is 104 Å². The van der Waals surface area contributed by atoms with E-state index in [-0.39, 0.29) is 0 Å². The number of aliphatic imine (C=N–C) groups is 1. The third-order valence-corrected chi connectivity index (χ3v) is 2.73. The topological polar surface area (TPSA) is 37.3 Å². The van der Waals surface area contributed by atoms with Crippen molar-refractivity contribution < 1.29 is 9.47 Å². The molecule has 0 aromatic heterocycles. The second-order valence-corrected chi connectivity index (χ2v) is 4.20. The highest BCUT2D eigenvalue weighted by Gasteiger charge is 2.22. The van der Waals surface area contributed by atoms with Crippen molar-refractivity contribution in [3.05, 3.63) is 0 Å². The zero-order chi connectivity index (χ0) is 12.5. The van der Waals surface area contributed by atoms with Crippen LogP contribution in [0.15, 0.2) is 4.99 Å². The van der Waals surface area contributed by atoms with Crippen LogP contribution in [0.3, 0.4) is 0 Å². The van der Waals surface area contributed by atoms with E-state index >= 15 is 0 Å². The van der Waals surface area contributed by atoms with Crippen molar-refractivity contribution >= 4 is 5.96 Å². The predicted octanol–water partition coefficient (Wildman–Crippen LogP) is 0.663. The van der Waals surface area contributed by atoms with Gasteiger partial charge in [-0.2, -0.15) is 0 Å². The molecular weight excluding hydrogens is 218 g/mol. The lowest BCUT2D eigenvalue weighted by Crippen LogP contribution is -2.34. The molecule has 1 heterocycles. The van der Waals surface area contributed by atoms with Crippen LogP contribution in [-0.4, -0.2) is 75.9 Å². The van der Waals surface area contributed by atoms with Gasteiger partial charge in [0.05, 0.1) is 19.8 Å². The maximum atomic E-state index is 5.43. The van der Waals surface area contributed by atoms with E-state index < -0.39 is 0 Å². The van der Waals surface area contributed by atoms with Gasteiger partial charge in [0.15, 0.2) is 5.96 Å². The number of ether oxygens (including phenoxy) is 2. The normalized spacial score (nSPS) is 18.4. The third-order valence-electron chi connectivity index (χ3n) is 2.73. The van der Waals surface area contributed by atoms with Gasteiger partial charge in [-0.05, 0) is 6.42 Å². The number of hydrogen-bond acceptors (Lipinski definition) is 3. The Bertz CT molecular complexity index is 234. The molecule has 1 aliphatic heterocycles. The molecule has 1 rings (SSSR count). The number of nitrogens with zero attached hydrogens (tertiary/aromatic N) is 3. The van der Waals surface area contributed by atoms with Gasteiger partial charge in [-0.15, -0.1) is 0 Å². The largest absolute Gasteiger partial charge is 0.383 e. The van der Waals surface area contributed by atoms with Crippen LogP contribution in [0.5, 0.6) is 0 Å². The smallest absolute Gasteiger partial charge is 0.196 e. The summed E-state index contributed by atoms with van der Waals surface area (Å²) in [7, 11) is 3.81. The fraction of sp³-hybridized carbons (Fsp3) is 0.917. The van der Waals surface area contributed by atoms with Crippen LogP contribution in [0.25, 0.3) is 0 Å². The summed E-state index contributed by atoms with van der Waals surface area (Å²) in [5, 5.41) is 0. The van der Waals surface area contributed by atoms with Gasteiger partial charge in [0.25, 0.3) is 0 Å². The van der Waals surface area contributed by atoms with E-state index in [1.165, 1.54) is 0 Å². The first-order valence-electron chi connectivity index (χ1n) is 6.36. The minimum Gasteiger partial charge on any atom is -0.383 e. The van der Waals surface area contributed by atoms with Gasteiger partial charge in [0.1, 0.15) is 0 Å². The molecule has 0 aliphatic carbocycles. The average molecular weight is 243 g/mol. The molecule has 0 aromatic carbocycles. The van der Waals surface area contributed by atoms with Gasteiger partial charge < -0.3 is 19.3 Å². The van der Waals surface area contributed by atoms with Gasteiger partial charge >= 0.3 is 0 Å². The molecule has 1 fully saturated rings. The van der Waals surface area contributed by atoms with Crippen LogP contribution in [0, 0.1) is 0 Å². The Hall–Kier alpha value is -0.810. The van der Waals surface area contributed by atoms with E-state index in [4.69, 9.17) is 9.47 Å². The fourth-order valence-electron chi connectivity index (χ4n) is 1.80. The van der Waals surface area contributed by atoms with E-state index in [0.717, 1.165) is 51.8 Å². The Morgan fingerprint density at radius 3 is 2.76 bits per heavy atom. The molecule has 0 N–H and O–H groups in total. The van der Waals surface area contributed by atoms with Gasteiger partial charge in [0.2, 0.25) is 0 Å². The highest BCUT2D eigenvalue weighted by Crippen LogP contribution is 2.06. The Kier molecular flexibility index (Phi) is 6.96. The number of methoxy groups -OCH3 is 1. The number of likely N-dealkylation sites (N-methyl/N-ethyl adjacent to an activating group) is 1. The molecule has 1 saturated heterocycles. The zero-order valence-electron chi connectivity index (χ0n) is 11.3. The Morgan fingerprint density at radius 2 is 2.06 bits per heavy atom. The molecule has 0 bridgehead atoms. The molecule has 5 nitrogen and oxygen atoms in total. The molecule has 5 heteroatoms. The van der Waals surface area contributed by atoms with Crippen LogP contribution >= 0.6 is 0 Å². The molecule has 0 spiro atoms. The highest BCUT2D eigenvalue weighted by molar-refractivity contribution is 5.81.